The smallest absolute Gasteiger partial charge is 0.402 e. The molecule has 0 radical (unpaired) electrons. The molecule has 12 nitrogen and oxygen atoms in total. The lowest BCUT2D eigenvalue weighted by Crippen LogP contribution is -2.31. The monoisotopic (exact) mass is 630 g/mol. The summed E-state index contributed by atoms with van der Waals surface area (Å²) in [4.78, 5) is 44.9. The number of fused-ring (bicyclic) bond motifs is 1. The summed E-state index contributed by atoms with van der Waals surface area (Å²) in [6, 6.07) is 13.1. The molecule has 0 atom stereocenters. The first-order valence-electron chi connectivity index (χ1n) is 13.6. The number of carbonyl (C=O) groups is 3. The molecule has 240 valence electrons. The summed E-state index contributed by atoms with van der Waals surface area (Å²) < 4.78 is 5.21. The number of rotatable bonds is 4. The minimum absolute atomic E-state index is 0.0344. The van der Waals surface area contributed by atoms with Crippen molar-refractivity contribution >= 4 is 41.1 Å². The van der Waals surface area contributed by atoms with Gasteiger partial charge in [0.05, 0.1) is 25.1 Å². The van der Waals surface area contributed by atoms with Crippen molar-refractivity contribution in [2.75, 3.05) is 18.6 Å². The number of ether oxygens (including phenoxy) is 1. The second-order valence-electron chi connectivity index (χ2n) is 10.4. The van der Waals surface area contributed by atoms with Crippen molar-refractivity contribution in [1.29, 1.82) is 0 Å². The Balaban J connectivity index is 0.000000962. The highest BCUT2D eigenvalue weighted by molar-refractivity contribution is 6.32. The van der Waals surface area contributed by atoms with Gasteiger partial charge in [-0.3, -0.25) is 9.79 Å². The number of primary amides is 2. The zero-order chi connectivity index (χ0) is 33.8. The fourth-order valence-corrected chi connectivity index (χ4v) is 3.31. The quantitative estimate of drug-likeness (QED) is 0.265. The fraction of sp³-hybridized carbons (Fsp3) is 0.355. The molecular formula is C31H43ClN6O6. The van der Waals surface area contributed by atoms with Crippen LogP contribution in [0.3, 0.4) is 0 Å². The summed E-state index contributed by atoms with van der Waals surface area (Å²) in [5.74, 6) is 2.35. The summed E-state index contributed by atoms with van der Waals surface area (Å²) in [5, 5.41) is 15.0. The van der Waals surface area contributed by atoms with Gasteiger partial charge in [0.15, 0.2) is 0 Å². The number of halogens is 1. The van der Waals surface area contributed by atoms with Crippen LogP contribution in [0.4, 0.5) is 15.3 Å². The molecule has 13 heteroatoms. The average molecular weight is 631 g/mol. The van der Waals surface area contributed by atoms with Crippen LogP contribution in [0, 0.1) is 11.8 Å². The van der Waals surface area contributed by atoms with Crippen LogP contribution in [0.15, 0.2) is 66.2 Å². The Morgan fingerprint density at radius 3 is 1.86 bits per heavy atom. The van der Waals surface area contributed by atoms with Crippen LogP contribution >= 0.6 is 11.6 Å². The second-order valence-corrected chi connectivity index (χ2v) is 10.9. The number of benzene rings is 2. The maximum atomic E-state index is 12.9. The minimum Gasteiger partial charge on any atom is -0.497 e. The number of benzodiazepines with no additional fused rings is 1. The molecule has 1 aliphatic heterocycles. The van der Waals surface area contributed by atoms with Gasteiger partial charge in [-0.05, 0) is 47.7 Å². The molecule has 0 saturated carbocycles. The van der Waals surface area contributed by atoms with Gasteiger partial charge in [0, 0.05) is 28.5 Å². The molecule has 44 heavy (non-hydrogen) atoms. The van der Waals surface area contributed by atoms with Crippen LogP contribution in [-0.4, -0.2) is 57.6 Å². The van der Waals surface area contributed by atoms with Crippen molar-refractivity contribution in [2.24, 2.45) is 28.3 Å². The molecule has 0 bridgehead atoms. The molecule has 4 rings (SSSR count). The average Bonchev–Trinajstić information content (AvgIpc) is 3.04. The van der Waals surface area contributed by atoms with Crippen molar-refractivity contribution in [1.82, 2.24) is 9.97 Å². The number of aliphatic imine (C=N–C) groups is 1. The zero-order valence-corrected chi connectivity index (χ0v) is 26.9. The van der Waals surface area contributed by atoms with E-state index >= 15 is 0 Å². The Morgan fingerprint density at radius 1 is 0.932 bits per heavy atom. The van der Waals surface area contributed by atoms with Crippen LogP contribution in [0.1, 0.15) is 58.2 Å². The molecule has 0 fully saturated rings. The van der Waals surface area contributed by atoms with Gasteiger partial charge in [-0.2, -0.15) is 0 Å². The number of methoxy groups -OCH3 is 1. The van der Waals surface area contributed by atoms with Gasteiger partial charge < -0.3 is 31.3 Å². The molecule has 0 unspecified atom stereocenters. The highest BCUT2D eigenvalue weighted by Crippen LogP contribution is 2.30. The number of hydrogen-bond acceptors (Lipinski definition) is 7. The maximum Gasteiger partial charge on any atom is 0.402 e. The number of nitrogens with zero attached hydrogens (tertiary/aromatic N) is 4. The first-order valence-corrected chi connectivity index (χ1v) is 14.0. The van der Waals surface area contributed by atoms with Crippen LogP contribution in [0.5, 0.6) is 5.75 Å². The van der Waals surface area contributed by atoms with Crippen LogP contribution in [0.25, 0.3) is 0 Å². The molecule has 3 aromatic rings. The fourth-order valence-electron chi connectivity index (χ4n) is 3.14. The standard InChI is InChI=1S/C21H17ClN4O2.2C4H10.2CH3NO2/c1-28-17-5-2-14(3-6-17)12-26-19-7-4-16(22)8-18(19)21(25-11-20(26)27)15-9-23-13-24-10-15;2*1-4(2)3;2*2-1(3)4/h2-10,13H,11-12H2,1H3;2*4H,1-3H3;2*2H2,(H,3,4). The third-order valence-electron chi connectivity index (χ3n) is 4.51. The van der Waals surface area contributed by atoms with Gasteiger partial charge in [-0.25, -0.2) is 19.6 Å². The number of carboxylic acid groups (broad SMARTS) is 2. The van der Waals surface area contributed by atoms with E-state index < -0.39 is 12.2 Å². The van der Waals surface area contributed by atoms with Crippen molar-refractivity contribution < 1.29 is 29.3 Å². The van der Waals surface area contributed by atoms with Gasteiger partial charge in [0.1, 0.15) is 18.6 Å². The van der Waals surface area contributed by atoms with Gasteiger partial charge in [-0.1, -0.05) is 65.3 Å². The van der Waals surface area contributed by atoms with E-state index in [9.17, 15) is 4.79 Å². The minimum atomic E-state index is -1.33. The molecular weight excluding hydrogens is 588 g/mol. The first-order chi connectivity index (χ1) is 20.6. The SMILES string of the molecule is CC(C)C.CC(C)C.COc1ccc(CN2C(=O)CN=C(c3cncnc3)c3cc(Cl)ccc32)cc1.NC(=O)O.NC(=O)O. The van der Waals surface area contributed by atoms with E-state index in [1.54, 1.807) is 30.5 Å². The van der Waals surface area contributed by atoms with E-state index in [2.05, 4.69) is 68.0 Å². The third-order valence-corrected chi connectivity index (χ3v) is 4.75. The summed E-state index contributed by atoms with van der Waals surface area (Å²) in [6.45, 7) is 13.5. The summed E-state index contributed by atoms with van der Waals surface area (Å²) in [6.07, 6.45) is 2.15. The largest absolute Gasteiger partial charge is 0.497 e. The summed E-state index contributed by atoms with van der Waals surface area (Å²) in [5.41, 5.74) is 12.0. The Bertz CT molecular complexity index is 1300. The van der Waals surface area contributed by atoms with Gasteiger partial charge in [0.25, 0.3) is 0 Å². The Morgan fingerprint density at radius 2 is 1.41 bits per heavy atom. The van der Waals surface area contributed by atoms with Crippen molar-refractivity contribution in [3.63, 3.8) is 0 Å². The number of aromatic nitrogens is 2. The molecule has 0 spiro atoms. The predicted octanol–water partition coefficient (Wildman–Crippen LogP) is 6.09. The van der Waals surface area contributed by atoms with Gasteiger partial charge in [0.2, 0.25) is 5.91 Å². The first kappa shape index (κ1) is 39.3. The lowest BCUT2D eigenvalue weighted by molar-refractivity contribution is -0.117. The second kappa shape index (κ2) is 21.1. The number of carbonyl (C=O) groups excluding carboxylic acids is 1. The molecule has 1 aliphatic rings. The maximum absolute atomic E-state index is 12.9. The van der Waals surface area contributed by atoms with Gasteiger partial charge >= 0.3 is 12.2 Å². The summed E-state index contributed by atoms with van der Waals surface area (Å²) >= 11 is 6.26. The van der Waals surface area contributed by atoms with Crippen LogP contribution in [0.2, 0.25) is 5.02 Å². The van der Waals surface area contributed by atoms with Crippen LogP contribution < -0.4 is 21.1 Å². The number of amides is 3. The van der Waals surface area contributed by atoms with E-state index in [-0.39, 0.29) is 12.5 Å². The van der Waals surface area contributed by atoms with E-state index in [1.165, 1.54) is 6.33 Å². The Kier molecular flexibility index (Phi) is 18.8. The molecule has 1 aromatic heterocycles. The molecule has 0 saturated heterocycles. The highest BCUT2D eigenvalue weighted by atomic mass is 35.5. The van der Waals surface area contributed by atoms with Gasteiger partial charge in [-0.15, -0.1) is 0 Å². The molecule has 2 heterocycles. The van der Waals surface area contributed by atoms with Crippen molar-refractivity contribution in [3.05, 3.63) is 82.9 Å². The molecule has 6 N–H and O–H groups in total. The van der Waals surface area contributed by atoms with E-state index in [0.717, 1.165) is 40.0 Å². The Hall–Kier alpha value is -4.71. The number of anilines is 1. The summed E-state index contributed by atoms with van der Waals surface area (Å²) in [7, 11) is 1.62. The highest BCUT2D eigenvalue weighted by Gasteiger charge is 2.25. The van der Waals surface area contributed by atoms with E-state index in [4.69, 9.17) is 36.1 Å². The topological polar surface area (TPSA) is 194 Å². The lowest BCUT2D eigenvalue weighted by atomic mass is 10.0. The molecule has 0 aliphatic carbocycles. The van der Waals surface area contributed by atoms with E-state index in [0.29, 0.717) is 17.3 Å². The Labute approximate surface area is 263 Å². The van der Waals surface area contributed by atoms with Crippen molar-refractivity contribution in [3.8, 4) is 5.75 Å². The molecule has 3 amide bonds. The number of nitrogens with two attached hydrogens (primary N) is 2. The van der Waals surface area contributed by atoms with E-state index in [1.807, 2.05) is 36.4 Å². The molecule has 2 aromatic carbocycles. The third kappa shape index (κ3) is 17.3. The number of hydrogen-bond donors (Lipinski definition) is 4. The van der Waals surface area contributed by atoms with Crippen LogP contribution in [-0.2, 0) is 11.3 Å². The predicted molar refractivity (Wildman–Crippen MR) is 174 cm³/mol. The lowest BCUT2D eigenvalue weighted by Gasteiger charge is -2.23. The van der Waals surface area contributed by atoms with Crippen molar-refractivity contribution in [2.45, 2.75) is 48.1 Å². The normalized spacial score (nSPS) is 11.4. The zero-order valence-electron chi connectivity index (χ0n) is 26.2.